The number of hydrogen-bond donors (Lipinski definition) is 2. The maximum Gasteiger partial charge on any atom is 0.244 e. The molecule has 0 fully saturated rings. The molecule has 1 aromatic carbocycles. The third kappa shape index (κ3) is 3.80. The molecule has 0 unspecified atom stereocenters. The molecule has 2 N–H and O–H groups in total. The molecule has 0 spiro atoms. The number of nitrogens with one attached hydrogen (secondary N) is 2. The highest BCUT2D eigenvalue weighted by Crippen LogP contribution is 2.27. The van der Waals surface area contributed by atoms with Crippen molar-refractivity contribution in [2.75, 3.05) is 12.4 Å². The lowest BCUT2D eigenvalue weighted by atomic mass is 9.86. The molecule has 1 aromatic rings. The highest BCUT2D eigenvalue weighted by atomic mass is 16.2. The van der Waals surface area contributed by atoms with E-state index in [4.69, 9.17) is 0 Å². The molecule has 106 valence electrons. The van der Waals surface area contributed by atoms with Crippen LogP contribution in [0.2, 0.25) is 0 Å². The Morgan fingerprint density at radius 1 is 1.11 bits per heavy atom. The van der Waals surface area contributed by atoms with Gasteiger partial charge in [0, 0.05) is 5.69 Å². The van der Waals surface area contributed by atoms with Crippen LogP contribution < -0.4 is 10.6 Å². The molecule has 0 aliphatic rings. The monoisotopic (exact) mass is 262 g/mol. The van der Waals surface area contributed by atoms with Crippen molar-refractivity contribution in [3.05, 3.63) is 29.3 Å². The van der Waals surface area contributed by atoms with E-state index in [-0.39, 0.29) is 11.3 Å². The second kappa shape index (κ2) is 5.33. The van der Waals surface area contributed by atoms with E-state index in [1.807, 2.05) is 20.8 Å². The zero-order valence-corrected chi connectivity index (χ0v) is 13.1. The summed E-state index contributed by atoms with van der Waals surface area (Å²) in [7, 11) is 1.79. The number of anilines is 1. The third-order valence-electron chi connectivity index (χ3n) is 3.54. The number of amides is 1. The quantitative estimate of drug-likeness (QED) is 0.878. The number of likely N-dealkylation sites (N-methyl/N-ethyl adjacent to an activating group) is 1. The van der Waals surface area contributed by atoms with Crippen molar-refractivity contribution >= 4 is 11.6 Å². The Labute approximate surface area is 116 Å². The fraction of sp³-hybridized carbons (Fsp3) is 0.562. The van der Waals surface area contributed by atoms with Gasteiger partial charge in [-0.1, -0.05) is 32.9 Å². The van der Waals surface area contributed by atoms with Crippen LogP contribution in [0.3, 0.4) is 0 Å². The number of carbonyl (C=O) groups excluding carboxylic acids is 1. The minimum absolute atomic E-state index is 0.0239. The second-order valence-electron chi connectivity index (χ2n) is 6.61. The lowest BCUT2D eigenvalue weighted by Crippen LogP contribution is -2.48. The Hall–Kier alpha value is -1.35. The van der Waals surface area contributed by atoms with E-state index in [1.165, 1.54) is 5.56 Å². The van der Waals surface area contributed by atoms with Crippen LogP contribution in [-0.2, 0) is 10.2 Å². The van der Waals surface area contributed by atoms with Crippen LogP contribution in [0.15, 0.2) is 18.2 Å². The van der Waals surface area contributed by atoms with Crippen LogP contribution in [0.5, 0.6) is 0 Å². The van der Waals surface area contributed by atoms with Gasteiger partial charge in [-0.2, -0.15) is 0 Å². The summed E-state index contributed by atoms with van der Waals surface area (Å²) in [5.41, 5.74) is 2.68. The summed E-state index contributed by atoms with van der Waals surface area (Å²) >= 11 is 0. The fourth-order valence-electron chi connectivity index (χ4n) is 1.62. The lowest BCUT2D eigenvalue weighted by Gasteiger charge is -2.25. The molecule has 0 heterocycles. The van der Waals surface area contributed by atoms with Gasteiger partial charge in [-0.25, -0.2) is 0 Å². The first-order valence-electron chi connectivity index (χ1n) is 6.69. The van der Waals surface area contributed by atoms with Crippen LogP contribution in [0, 0.1) is 6.92 Å². The molecule has 0 aliphatic heterocycles. The van der Waals surface area contributed by atoms with Crippen molar-refractivity contribution in [1.82, 2.24) is 5.32 Å². The number of carbonyl (C=O) groups is 1. The number of hydrogen-bond acceptors (Lipinski definition) is 2. The van der Waals surface area contributed by atoms with Gasteiger partial charge in [0.2, 0.25) is 5.91 Å². The molecular weight excluding hydrogens is 236 g/mol. The van der Waals surface area contributed by atoms with Gasteiger partial charge in [-0.05, 0) is 50.4 Å². The van der Waals surface area contributed by atoms with Gasteiger partial charge in [-0.3, -0.25) is 4.79 Å². The van der Waals surface area contributed by atoms with E-state index < -0.39 is 5.54 Å². The summed E-state index contributed by atoms with van der Waals surface area (Å²) in [6.07, 6.45) is 0. The van der Waals surface area contributed by atoms with Gasteiger partial charge >= 0.3 is 0 Å². The summed E-state index contributed by atoms with van der Waals surface area (Å²) in [5.74, 6) is -0.0239. The minimum Gasteiger partial charge on any atom is -0.324 e. The van der Waals surface area contributed by atoms with Crippen LogP contribution >= 0.6 is 0 Å². The highest BCUT2D eigenvalue weighted by molar-refractivity contribution is 5.98. The van der Waals surface area contributed by atoms with E-state index >= 15 is 0 Å². The molecule has 1 amide bonds. The Morgan fingerprint density at radius 2 is 1.68 bits per heavy atom. The molecule has 0 saturated carbocycles. The Balaban J connectivity index is 3.05. The molecule has 1 rings (SSSR count). The first-order valence-corrected chi connectivity index (χ1v) is 6.69. The van der Waals surface area contributed by atoms with Gasteiger partial charge in [0.05, 0.1) is 5.54 Å². The van der Waals surface area contributed by atoms with Crippen LogP contribution in [0.25, 0.3) is 0 Å². The molecule has 0 atom stereocenters. The number of benzene rings is 1. The molecule has 3 nitrogen and oxygen atoms in total. The molecule has 0 aliphatic carbocycles. The van der Waals surface area contributed by atoms with E-state index in [9.17, 15) is 4.79 Å². The minimum atomic E-state index is -0.579. The first-order chi connectivity index (χ1) is 8.58. The van der Waals surface area contributed by atoms with Gasteiger partial charge in [-0.15, -0.1) is 0 Å². The van der Waals surface area contributed by atoms with Crippen molar-refractivity contribution in [1.29, 1.82) is 0 Å². The molecule has 3 heteroatoms. The molecule has 0 radical (unpaired) electrons. The van der Waals surface area contributed by atoms with Gasteiger partial charge < -0.3 is 10.6 Å². The summed E-state index contributed by atoms with van der Waals surface area (Å²) in [4.78, 5) is 12.2. The largest absolute Gasteiger partial charge is 0.324 e. The van der Waals surface area contributed by atoms with Crippen molar-refractivity contribution in [2.45, 2.75) is 52.5 Å². The standard InChI is InChI=1S/C16H26N2O/c1-11-8-9-12(15(2,3)4)10-13(11)18-14(19)16(5,6)17-7/h8-10,17H,1-7H3,(H,18,19). The van der Waals surface area contributed by atoms with E-state index in [1.54, 1.807) is 7.05 Å². The van der Waals surface area contributed by atoms with Gasteiger partial charge in [0.1, 0.15) is 0 Å². The number of aryl methyl sites for hydroxylation is 1. The van der Waals surface area contributed by atoms with Gasteiger partial charge in [0.25, 0.3) is 0 Å². The average Bonchev–Trinajstić information content (AvgIpc) is 2.30. The SMILES string of the molecule is CNC(C)(C)C(=O)Nc1cc(C(C)(C)C)ccc1C. The fourth-order valence-corrected chi connectivity index (χ4v) is 1.62. The third-order valence-corrected chi connectivity index (χ3v) is 3.54. The maximum absolute atomic E-state index is 12.2. The molecule has 0 saturated heterocycles. The van der Waals surface area contributed by atoms with Gasteiger partial charge in [0.15, 0.2) is 0 Å². The van der Waals surface area contributed by atoms with Crippen LogP contribution in [0.1, 0.15) is 45.7 Å². The molecular formula is C16H26N2O. The van der Waals surface area contributed by atoms with Crippen LogP contribution in [-0.4, -0.2) is 18.5 Å². The Kier molecular flexibility index (Phi) is 4.41. The van der Waals surface area contributed by atoms with E-state index in [0.717, 1.165) is 11.3 Å². The first kappa shape index (κ1) is 15.7. The predicted molar refractivity (Wildman–Crippen MR) is 81.6 cm³/mol. The highest BCUT2D eigenvalue weighted by Gasteiger charge is 2.26. The summed E-state index contributed by atoms with van der Waals surface area (Å²) in [6.45, 7) is 12.2. The average molecular weight is 262 g/mol. The summed E-state index contributed by atoms with van der Waals surface area (Å²) < 4.78 is 0. The molecule has 0 aromatic heterocycles. The normalized spacial score (nSPS) is 12.4. The van der Waals surface area contributed by atoms with E-state index in [2.05, 4.69) is 49.6 Å². The van der Waals surface area contributed by atoms with Crippen molar-refractivity contribution in [3.8, 4) is 0 Å². The number of rotatable bonds is 3. The smallest absolute Gasteiger partial charge is 0.244 e. The van der Waals surface area contributed by atoms with E-state index in [0.29, 0.717) is 0 Å². The Bertz CT molecular complexity index is 470. The zero-order valence-electron chi connectivity index (χ0n) is 13.1. The maximum atomic E-state index is 12.2. The molecule has 19 heavy (non-hydrogen) atoms. The summed E-state index contributed by atoms with van der Waals surface area (Å²) in [6, 6.07) is 6.25. The molecule has 0 bridgehead atoms. The topological polar surface area (TPSA) is 41.1 Å². The van der Waals surface area contributed by atoms with Crippen molar-refractivity contribution in [2.24, 2.45) is 0 Å². The van der Waals surface area contributed by atoms with Crippen molar-refractivity contribution in [3.63, 3.8) is 0 Å². The second-order valence-corrected chi connectivity index (χ2v) is 6.61. The Morgan fingerprint density at radius 3 is 2.16 bits per heavy atom. The van der Waals surface area contributed by atoms with Crippen molar-refractivity contribution < 1.29 is 4.79 Å². The summed E-state index contributed by atoms with van der Waals surface area (Å²) in [5, 5.41) is 6.03. The van der Waals surface area contributed by atoms with Crippen LogP contribution in [0.4, 0.5) is 5.69 Å². The predicted octanol–water partition coefficient (Wildman–Crippen LogP) is 3.23. The lowest BCUT2D eigenvalue weighted by molar-refractivity contribution is -0.121. The zero-order chi connectivity index (χ0) is 14.8.